The van der Waals surface area contributed by atoms with E-state index in [0.29, 0.717) is 24.8 Å². The Kier molecular flexibility index (Phi) is 7.92. The van der Waals surface area contributed by atoms with Crippen LogP contribution < -0.4 is 5.32 Å². The maximum atomic E-state index is 12.7. The van der Waals surface area contributed by atoms with E-state index in [1.165, 1.54) is 24.8 Å². The van der Waals surface area contributed by atoms with E-state index in [-0.39, 0.29) is 24.3 Å². The summed E-state index contributed by atoms with van der Waals surface area (Å²) in [6, 6.07) is 10.1. The smallest absolute Gasteiger partial charge is 0.286 e. The molecule has 2 aliphatic rings. The summed E-state index contributed by atoms with van der Waals surface area (Å²) < 4.78 is 11.9. The van der Waals surface area contributed by atoms with E-state index in [1.54, 1.807) is 0 Å². The number of carbonyl (C=O) groups excluding carboxylic acids is 1. The van der Waals surface area contributed by atoms with Gasteiger partial charge in [0.15, 0.2) is 5.76 Å². The molecule has 1 heterocycles. The van der Waals surface area contributed by atoms with E-state index in [2.05, 4.69) is 17.4 Å². The molecule has 3 rings (SSSR count). The first kappa shape index (κ1) is 20.9. The molecule has 0 unspecified atom stereocenters. The first-order valence-electron chi connectivity index (χ1n) is 10.7. The maximum absolute atomic E-state index is 12.7. The highest BCUT2D eigenvalue weighted by Crippen LogP contribution is 2.44. The van der Waals surface area contributed by atoms with Crippen LogP contribution in [0, 0.1) is 17.8 Å². The standard InChI is InChI=1S/C23H33NO4/c1-2-27-23-19(12-7-15-25)20(18-10-6-11-18)16-21(28-23)22(26)24-14-13-17-8-4-3-5-9-17/h3-5,8-9,16,18-20,23,25H,2,6-7,10-15H2,1H3,(H,24,26)/t19-,20-,23-/m0/s1. The number of hydrogen-bond acceptors (Lipinski definition) is 4. The van der Waals surface area contributed by atoms with Gasteiger partial charge in [-0.3, -0.25) is 4.79 Å². The van der Waals surface area contributed by atoms with Gasteiger partial charge in [-0.1, -0.05) is 36.8 Å². The Labute approximate surface area is 168 Å². The number of benzene rings is 1. The lowest BCUT2D eigenvalue weighted by Gasteiger charge is -2.43. The van der Waals surface area contributed by atoms with Gasteiger partial charge < -0.3 is 19.9 Å². The van der Waals surface area contributed by atoms with Crippen LogP contribution in [0.25, 0.3) is 0 Å². The molecule has 3 atom stereocenters. The highest BCUT2D eigenvalue weighted by Gasteiger charge is 2.42. The van der Waals surface area contributed by atoms with Crippen molar-refractivity contribution in [3.8, 4) is 0 Å². The average Bonchev–Trinajstić information content (AvgIpc) is 2.67. The zero-order valence-corrected chi connectivity index (χ0v) is 16.8. The van der Waals surface area contributed by atoms with Gasteiger partial charge in [0.1, 0.15) is 0 Å². The van der Waals surface area contributed by atoms with Gasteiger partial charge in [-0.15, -0.1) is 0 Å². The van der Waals surface area contributed by atoms with Crippen molar-refractivity contribution in [2.24, 2.45) is 17.8 Å². The van der Waals surface area contributed by atoms with Gasteiger partial charge in [-0.05, 0) is 62.5 Å². The number of hydrogen-bond donors (Lipinski definition) is 2. The third-order valence-corrected chi connectivity index (χ3v) is 5.92. The molecule has 0 bridgehead atoms. The average molecular weight is 388 g/mol. The number of aliphatic hydroxyl groups is 1. The normalized spacial score (nSPS) is 24.8. The molecule has 154 valence electrons. The monoisotopic (exact) mass is 387 g/mol. The molecule has 1 fully saturated rings. The van der Waals surface area contributed by atoms with E-state index in [1.807, 2.05) is 31.2 Å². The summed E-state index contributed by atoms with van der Waals surface area (Å²) in [5, 5.41) is 12.3. The quantitative estimate of drug-likeness (QED) is 0.645. The fourth-order valence-electron chi connectivity index (χ4n) is 4.20. The predicted molar refractivity (Wildman–Crippen MR) is 108 cm³/mol. The maximum Gasteiger partial charge on any atom is 0.286 e. The minimum absolute atomic E-state index is 0.162. The highest BCUT2D eigenvalue weighted by atomic mass is 16.7. The summed E-state index contributed by atoms with van der Waals surface area (Å²) in [5.74, 6) is 1.29. The molecule has 0 aromatic heterocycles. The first-order valence-corrected chi connectivity index (χ1v) is 10.7. The fraction of sp³-hybridized carbons (Fsp3) is 0.609. The highest BCUT2D eigenvalue weighted by molar-refractivity contribution is 5.91. The van der Waals surface area contributed by atoms with E-state index in [9.17, 15) is 9.90 Å². The molecule has 1 aromatic carbocycles. The summed E-state index contributed by atoms with van der Waals surface area (Å²) in [5.41, 5.74) is 1.20. The molecule has 1 amide bonds. The number of rotatable bonds is 10. The third kappa shape index (κ3) is 5.36. The molecule has 5 nitrogen and oxygen atoms in total. The second-order valence-electron chi connectivity index (χ2n) is 7.76. The van der Waals surface area contributed by atoms with E-state index < -0.39 is 6.29 Å². The predicted octanol–water partition coefficient (Wildman–Crippen LogP) is 3.43. The van der Waals surface area contributed by atoms with Crippen molar-refractivity contribution in [2.75, 3.05) is 19.8 Å². The molecule has 1 aromatic rings. The molecular weight excluding hydrogens is 354 g/mol. The molecule has 0 spiro atoms. The lowest BCUT2D eigenvalue weighted by molar-refractivity contribution is -0.178. The largest absolute Gasteiger partial charge is 0.459 e. The van der Waals surface area contributed by atoms with Crippen LogP contribution >= 0.6 is 0 Å². The number of carbonyl (C=O) groups is 1. The molecule has 0 radical (unpaired) electrons. The van der Waals surface area contributed by atoms with Crippen molar-refractivity contribution < 1.29 is 19.4 Å². The number of nitrogens with one attached hydrogen (secondary N) is 1. The third-order valence-electron chi connectivity index (χ3n) is 5.92. The van der Waals surface area contributed by atoms with Crippen LogP contribution in [-0.2, 0) is 20.7 Å². The summed E-state index contributed by atoms with van der Waals surface area (Å²) >= 11 is 0. The van der Waals surface area contributed by atoms with E-state index >= 15 is 0 Å². The molecule has 0 saturated heterocycles. The van der Waals surface area contributed by atoms with Gasteiger partial charge in [0.25, 0.3) is 5.91 Å². The van der Waals surface area contributed by atoms with Gasteiger partial charge in [-0.2, -0.15) is 0 Å². The summed E-state index contributed by atoms with van der Waals surface area (Å²) in [4.78, 5) is 12.7. The molecule has 2 N–H and O–H groups in total. The summed E-state index contributed by atoms with van der Waals surface area (Å²) in [7, 11) is 0. The van der Waals surface area contributed by atoms with Crippen molar-refractivity contribution in [1.82, 2.24) is 5.32 Å². The molecule has 5 heteroatoms. The van der Waals surface area contributed by atoms with Crippen molar-refractivity contribution >= 4 is 5.91 Å². The van der Waals surface area contributed by atoms with Crippen LogP contribution in [0.3, 0.4) is 0 Å². The number of amides is 1. The molecule has 1 saturated carbocycles. The summed E-state index contributed by atoms with van der Waals surface area (Å²) in [6.07, 6.45) is 7.62. The first-order chi connectivity index (χ1) is 13.7. The minimum atomic E-state index is -0.415. The van der Waals surface area contributed by atoms with Crippen molar-refractivity contribution in [3.05, 3.63) is 47.7 Å². The van der Waals surface area contributed by atoms with Gasteiger partial charge in [0.05, 0.1) is 0 Å². The second kappa shape index (κ2) is 10.6. The lowest BCUT2D eigenvalue weighted by Crippen LogP contribution is -2.43. The number of ether oxygens (including phenoxy) is 2. The Hall–Kier alpha value is -1.85. The van der Waals surface area contributed by atoms with Gasteiger partial charge >= 0.3 is 0 Å². The van der Waals surface area contributed by atoms with Crippen LogP contribution in [0.1, 0.15) is 44.6 Å². The van der Waals surface area contributed by atoms with E-state index in [4.69, 9.17) is 9.47 Å². The fourth-order valence-corrected chi connectivity index (χ4v) is 4.20. The Balaban J connectivity index is 1.65. The SMILES string of the molecule is CCO[C@H]1OC(C(=O)NCCc2ccccc2)=C[C@@H](C2CCC2)[C@@H]1CCCO. The topological polar surface area (TPSA) is 67.8 Å². The van der Waals surface area contributed by atoms with Gasteiger partial charge in [0, 0.05) is 25.7 Å². The van der Waals surface area contributed by atoms with Gasteiger partial charge in [-0.25, -0.2) is 0 Å². The number of aliphatic hydroxyl groups excluding tert-OH is 1. The Bertz CT molecular complexity index is 641. The van der Waals surface area contributed by atoms with Crippen LogP contribution in [0.5, 0.6) is 0 Å². The minimum Gasteiger partial charge on any atom is -0.459 e. The van der Waals surface area contributed by atoms with Crippen LogP contribution in [-0.4, -0.2) is 37.1 Å². The zero-order chi connectivity index (χ0) is 19.8. The Morgan fingerprint density at radius 1 is 1.29 bits per heavy atom. The zero-order valence-electron chi connectivity index (χ0n) is 16.8. The van der Waals surface area contributed by atoms with Crippen molar-refractivity contribution in [2.45, 2.75) is 51.7 Å². The summed E-state index contributed by atoms with van der Waals surface area (Å²) in [6.45, 7) is 3.23. The lowest BCUT2D eigenvalue weighted by atomic mass is 9.68. The van der Waals surface area contributed by atoms with Crippen LogP contribution in [0.4, 0.5) is 0 Å². The second-order valence-corrected chi connectivity index (χ2v) is 7.76. The van der Waals surface area contributed by atoms with Crippen molar-refractivity contribution in [3.63, 3.8) is 0 Å². The Morgan fingerprint density at radius 3 is 2.71 bits per heavy atom. The molecule has 28 heavy (non-hydrogen) atoms. The Morgan fingerprint density at radius 2 is 2.07 bits per heavy atom. The van der Waals surface area contributed by atoms with Gasteiger partial charge in [0.2, 0.25) is 6.29 Å². The molecule has 1 aliphatic carbocycles. The van der Waals surface area contributed by atoms with E-state index in [0.717, 1.165) is 19.3 Å². The molecular formula is C23H33NO4. The van der Waals surface area contributed by atoms with Crippen LogP contribution in [0.15, 0.2) is 42.2 Å². The number of allylic oxidation sites excluding steroid dienone is 1. The van der Waals surface area contributed by atoms with Crippen molar-refractivity contribution in [1.29, 1.82) is 0 Å². The van der Waals surface area contributed by atoms with Crippen LogP contribution in [0.2, 0.25) is 0 Å². The molecule has 1 aliphatic heterocycles.